The Bertz CT molecular complexity index is 523. The van der Waals surface area contributed by atoms with Crippen LogP contribution in [0.2, 0.25) is 0 Å². The molecule has 1 aromatic heterocycles. The molecule has 0 amide bonds. The summed E-state index contributed by atoms with van der Waals surface area (Å²) in [5.74, 6) is 0.610. The van der Waals surface area contributed by atoms with Crippen LogP contribution < -0.4 is 4.90 Å². The molecule has 0 spiro atoms. The highest BCUT2D eigenvalue weighted by atomic mass is 32.1. The van der Waals surface area contributed by atoms with Crippen molar-refractivity contribution in [2.24, 2.45) is 0 Å². The highest BCUT2D eigenvalue weighted by Gasteiger charge is 2.24. The molecule has 2 aromatic rings. The van der Waals surface area contributed by atoms with E-state index in [4.69, 9.17) is 0 Å². The van der Waals surface area contributed by atoms with Gasteiger partial charge in [0, 0.05) is 24.7 Å². The summed E-state index contributed by atoms with van der Waals surface area (Å²) in [6.45, 7) is 7.03. The largest absolute Gasteiger partial charge is 0.378 e. The fourth-order valence-electron chi connectivity index (χ4n) is 2.77. The SMILES string of the molecule is CC(CC(C)(C)c1ccc(N(C)C)cc1)c1cccs1. The van der Waals surface area contributed by atoms with Crippen molar-refractivity contribution in [3.8, 4) is 0 Å². The zero-order chi connectivity index (χ0) is 14.8. The number of anilines is 1. The topological polar surface area (TPSA) is 3.24 Å². The zero-order valence-corrected chi connectivity index (χ0v) is 14.0. The van der Waals surface area contributed by atoms with Gasteiger partial charge in [-0.1, -0.05) is 39.0 Å². The lowest BCUT2D eigenvalue weighted by atomic mass is 9.77. The standard InChI is InChI=1S/C18H25NS/c1-14(17-7-6-12-20-17)13-18(2,3)15-8-10-16(11-9-15)19(4)5/h6-12,14H,13H2,1-5H3. The Morgan fingerprint density at radius 2 is 1.75 bits per heavy atom. The molecule has 108 valence electrons. The molecular formula is C18H25NS. The van der Waals surface area contributed by atoms with Gasteiger partial charge >= 0.3 is 0 Å². The van der Waals surface area contributed by atoms with Gasteiger partial charge in [0.2, 0.25) is 0 Å². The van der Waals surface area contributed by atoms with Crippen LogP contribution in [0.5, 0.6) is 0 Å². The monoisotopic (exact) mass is 287 g/mol. The van der Waals surface area contributed by atoms with Crippen molar-refractivity contribution in [2.75, 3.05) is 19.0 Å². The molecule has 1 heterocycles. The van der Waals surface area contributed by atoms with E-state index < -0.39 is 0 Å². The van der Waals surface area contributed by atoms with E-state index in [2.05, 4.69) is 81.5 Å². The lowest BCUT2D eigenvalue weighted by molar-refractivity contribution is 0.441. The van der Waals surface area contributed by atoms with Crippen LogP contribution in [-0.2, 0) is 5.41 Å². The van der Waals surface area contributed by atoms with Crippen LogP contribution in [-0.4, -0.2) is 14.1 Å². The van der Waals surface area contributed by atoms with Crippen molar-refractivity contribution in [2.45, 2.75) is 38.5 Å². The van der Waals surface area contributed by atoms with Gasteiger partial charge in [-0.05, 0) is 46.9 Å². The second-order valence-electron chi connectivity index (χ2n) is 6.45. The van der Waals surface area contributed by atoms with Gasteiger partial charge in [0.15, 0.2) is 0 Å². The maximum atomic E-state index is 2.35. The summed E-state index contributed by atoms with van der Waals surface area (Å²) in [5, 5.41) is 2.17. The Kier molecular flexibility index (Phi) is 4.54. The number of benzene rings is 1. The summed E-state index contributed by atoms with van der Waals surface area (Å²) in [6, 6.07) is 13.4. The second kappa shape index (κ2) is 6.01. The molecular weight excluding hydrogens is 262 g/mol. The average molecular weight is 287 g/mol. The van der Waals surface area contributed by atoms with Crippen LogP contribution in [0, 0.1) is 0 Å². The Labute approximate surface area is 127 Å². The van der Waals surface area contributed by atoms with Gasteiger partial charge in [-0.3, -0.25) is 0 Å². The highest BCUT2D eigenvalue weighted by Crippen LogP contribution is 2.36. The molecule has 1 atom stereocenters. The van der Waals surface area contributed by atoms with Crippen LogP contribution in [0.25, 0.3) is 0 Å². The fraction of sp³-hybridized carbons (Fsp3) is 0.444. The molecule has 0 aliphatic rings. The number of nitrogens with zero attached hydrogens (tertiary/aromatic N) is 1. The second-order valence-corrected chi connectivity index (χ2v) is 7.43. The summed E-state index contributed by atoms with van der Waals surface area (Å²) < 4.78 is 0. The maximum absolute atomic E-state index is 2.35. The van der Waals surface area contributed by atoms with Gasteiger partial charge in [0.1, 0.15) is 0 Å². The van der Waals surface area contributed by atoms with Gasteiger partial charge in [-0.2, -0.15) is 0 Å². The van der Waals surface area contributed by atoms with E-state index in [-0.39, 0.29) is 5.41 Å². The highest BCUT2D eigenvalue weighted by molar-refractivity contribution is 7.10. The Hall–Kier alpha value is -1.28. The quantitative estimate of drug-likeness (QED) is 0.722. The molecule has 0 aliphatic carbocycles. The van der Waals surface area contributed by atoms with Crippen molar-refractivity contribution < 1.29 is 0 Å². The molecule has 0 radical (unpaired) electrons. The summed E-state index contributed by atoms with van der Waals surface area (Å²) in [7, 11) is 4.16. The van der Waals surface area contributed by atoms with E-state index in [1.165, 1.54) is 22.5 Å². The van der Waals surface area contributed by atoms with Crippen LogP contribution in [0.15, 0.2) is 41.8 Å². The van der Waals surface area contributed by atoms with Gasteiger partial charge in [-0.25, -0.2) is 0 Å². The van der Waals surface area contributed by atoms with E-state index in [1.807, 2.05) is 11.3 Å². The number of hydrogen-bond donors (Lipinski definition) is 0. The van der Waals surface area contributed by atoms with E-state index in [0.717, 1.165) is 0 Å². The van der Waals surface area contributed by atoms with Crippen molar-refractivity contribution >= 4 is 17.0 Å². The van der Waals surface area contributed by atoms with E-state index in [0.29, 0.717) is 5.92 Å². The van der Waals surface area contributed by atoms with Crippen molar-refractivity contribution in [1.29, 1.82) is 0 Å². The molecule has 1 aromatic carbocycles. The molecule has 1 unspecified atom stereocenters. The molecule has 0 saturated carbocycles. The maximum Gasteiger partial charge on any atom is 0.0361 e. The smallest absolute Gasteiger partial charge is 0.0361 e. The normalized spacial score (nSPS) is 13.2. The number of thiophene rings is 1. The van der Waals surface area contributed by atoms with Crippen LogP contribution >= 0.6 is 11.3 Å². The molecule has 1 nitrogen and oxygen atoms in total. The van der Waals surface area contributed by atoms with Crippen molar-refractivity contribution in [3.63, 3.8) is 0 Å². The molecule has 2 heteroatoms. The molecule has 0 fully saturated rings. The first-order valence-electron chi connectivity index (χ1n) is 7.21. The predicted octanol–water partition coefficient (Wildman–Crippen LogP) is 5.29. The lowest BCUT2D eigenvalue weighted by Crippen LogP contribution is -2.20. The number of rotatable bonds is 5. The summed E-state index contributed by atoms with van der Waals surface area (Å²) in [5.41, 5.74) is 2.89. The molecule has 2 rings (SSSR count). The minimum absolute atomic E-state index is 0.203. The third-order valence-electron chi connectivity index (χ3n) is 4.01. The van der Waals surface area contributed by atoms with Crippen molar-refractivity contribution in [1.82, 2.24) is 0 Å². The molecule has 0 saturated heterocycles. The zero-order valence-electron chi connectivity index (χ0n) is 13.2. The molecule has 0 N–H and O–H groups in total. The third-order valence-corrected chi connectivity index (χ3v) is 5.11. The van der Waals surface area contributed by atoms with Gasteiger partial charge in [0.05, 0.1) is 0 Å². The van der Waals surface area contributed by atoms with E-state index >= 15 is 0 Å². The predicted molar refractivity (Wildman–Crippen MR) is 91.1 cm³/mol. The van der Waals surface area contributed by atoms with Gasteiger partial charge in [-0.15, -0.1) is 11.3 Å². The Morgan fingerprint density at radius 3 is 2.25 bits per heavy atom. The first kappa shape index (κ1) is 15.1. The first-order valence-corrected chi connectivity index (χ1v) is 8.09. The first-order chi connectivity index (χ1) is 9.40. The van der Waals surface area contributed by atoms with E-state index in [9.17, 15) is 0 Å². The molecule has 0 bridgehead atoms. The average Bonchev–Trinajstić information content (AvgIpc) is 2.92. The lowest BCUT2D eigenvalue weighted by Gasteiger charge is -2.29. The number of hydrogen-bond acceptors (Lipinski definition) is 2. The molecule has 0 aliphatic heterocycles. The minimum atomic E-state index is 0.203. The Balaban J connectivity index is 2.13. The Morgan fingerprint density at radius 1 is 1.10 bits per heavy atom. The molecule has 20 heavy (non-hydrogen) atoms. The van der Waals surface area contributed by atoms with E-state index in [1.54, 1.807) is 0 Å². The fourth-order valence-corrected chi connectivity index (χ4v) is 3.55. The van der Waals surface area contributed by atoms with Gasteiger partial charge in [0.25, 0.3) is 0 Å². The van der Waals surface area contributed by atoms with Crippen LogP contribution in [0.1, 0.15) is 43.6 Å². The third kappa shape index (κ3) is 3.43. The summed E-state index contributed by atoms with van der Waals surface area (Å²) in [4.78, 5) is 3.63. The van der Waals surface area contributed by atoms with Crippen LogP contribution in [0.4, 0.5) is 5.69 Å². The van der Waals surface area contributed by atoms with Gasteiger partial charge < -0.3 is 4.90 Å². The van der Waals surface area contributed by atoms with Crippen LogP contribution in [0.3, 0.4) is 0 Å². The summed E-state index contributed by atoms with van der Waals surface area (Å²) in [6.07, 6.45) is 1.18. The summed E-state index contributed by atoms with van der Waals surface area (Å²) >= 11 is 1.87. The minimum Gasteiger partial charge on any atom is -0.378 e. The van der Waals surface area contributed by atoms with Crippen molar-refractivity contribution in [3.05, 3.63) is 52.2 Å².